The minimum absolute atomic E-state index is 0.0755. The van der Waals surface area contributed by atoms with Gasteiger partial charge in [0.15, 0.2) is 0 Å². The fourth-order valence-corrected chi connectivity index (χ4v) is 5.09. The van der Waals surface area contributed by atoms with Crippen LogP contribution in [0.5, 0.6) is 0 Å². The predicted octanol–water partition coefficient (Wildman–Crippen LogP) is 4.11. The second-order valence-corrected chi connectivity index (χ2v) is 9.78. The highest BCUT2D eigenvalue weighted by molar-refractivity contribution is 7.98. The van der Waals surface area contributed by atoms with Crippen LogP contribution in [0, 0.1) is 0 Å². The van der Waals surface area contributed by atoms with Gasteiger partial charge >= 0.3 is 12.1 Å². The Labute approximate surface area is 203 Å². The Hall–Kier alpha value is -3.00. The Bertz CT molecular complexity index is 1030. The minimum atomic E-state index is -1.05. The van der Waals surface area contributed by atoms with E-state index >= 15 is 0 Å². The third-order valence-corrected chi connectivity index (χ3v) is 7.16. The molecule has 2 aromatic carbocycles. The molecule has 1 fully saturated rings. The maximum atomic E-state index is 13.3. The fourth-order valence-electron chi connectivity index (χ4n) is 4.61. The summed E-state index contributed by atoms with van der Waals surface area (Å²) in [6.45, 7) is 1.67. The Balaban J connectivity index is 1.45. The molecular weight excluding hydrogens is 452 g/mol. The van der Waals surface area contributed by atoms with Crippen molar-refractivity contribution in [3.05, 3.63) is 59.7 Å². The molecule has 1 unspecified atom stereocenters. The van der Waals surface area contributed by atoms with Gasteiger partial charge in [-0.15, -0.1) is 0 Å². The van der Waals surface area contributed by atoms with Gasteiger partial charge in [-0.2, -0.15) is 11.8 Å². The average molecular weight is 483 g/mol. The number of fused-ring (bicyclic) bond motifs is 3. The summed E-state index contributed by atoms with van der Waals surface area (Å²) < 4.78 is 5.62. The van der Waals surface area contributed by atoms with E-state index in [-0.39, 0.29) is 24.5 Å². The summed E-state index contributed by atoms with van der Waals surface area (Å²) in [4.78, 5) is 39.1. The van der Waals surface area contributed by atoms with E-state index in [2.05, 4.69) is 17.4 Å². The predicted molar refractivity (Wildman–Crippen MR) is 132 cm³/mol. The van der Waals surface area contributed by atoms with Crippen LogP contribution < -0.4 is 5.32 Å². The first-order valence-corrected chi connectivity index (χ1v) is 13.0. The number of nitrogens with zero attached hydrogens (tertiary/aromatic N) is 1. The van der Waals surface area contributed by atoms with Crippen LogP contribution in [0.1, 0.15) is 43.2 Å². The second kappa shape index (κ2) is 10.5. The fraction of sp³-hybridized carbons (Fsp3) is 0.423. The first-order chi connectivity index (χ1) is 16.4. The van der Waals surface area contributed by atoms with Crippen molar-refractivity contribution in [3.8, 4) is 11.1 Å². The van der Waals surface area contributed by atoms with Crippen LogP contribution >= 0.6 is 11.8 Å². The molecule has 34 heavy (non-hydrogen) atoms. The zero-order valence-electron chi connectivity index (χ0n) is 19.4. The second-order valence-electron chi connectivity index (χ2n) is 8.79. The first kappa shape index (κ1) is 24.1. The number of rotatable bonds is 10. The molecule has 0 bridgehead atoms. The number of benzene rings is 2. The number of aliphatic carboxylic acids is 1. The van der Waals surface area contributed by atoms with E-state index in [1.165, 1.54) is 11.8 Å². The van der Waals surface area contributed by atoms with Gasteiger partial charge in [-0.3, -0.25) is 4.79 Å². The van der Waals surface area contributed by atoms with E-state index in [1.54, 1.807) is 11.8 Å². The number of amides is 2. The monoisotopic (exact) mass is 482 g/mol. The Morgan fingerprint density at radius 2 is 1.68 bits per heavy atom. The summed E-state index contributed by atoms with van der Waals surface area (Å²) in [5.41, 5.74) is 4.51. The van der Waals surface area contributed by atoms with Crippen LogP contribution in [0.4, 0.5) is 4.79 Å². The number of carbonyl (C=O) groups is 3. The number of hydrogen-bond acceptors (Lipinski definition) is 5. The van der Waals surface area contributed by atoms with Gasteiger partial charge in [0.2, 0.25) is 5.91 Å². The zero-order valence-corrected chi connectivity index (χ0v) is 20.2. The smallest absolute Gasteiger partial charge is 0.407 e. The van der Waals surface area contributed by atoms with Crippen LogP contribution in [-0.2, 0) is 14.3 Å². The van der Waals surface area contributed by atoms with Crippen LogP contribution in [0.15, 0.2) is 48.5 Å². The molecule has 2 aliphatic carbocycles. The highest BCUT2D eigenvalue weighted by Gasteiger charge is 2.41. The van der Waals surface area contributed by atoms with Crippen LogP contribution in [0.3, 0.4) is 0 Å². The van der Waals surface area contributed by atoms with Gasteiger partial charge in [-0.1, -0.05) is 48.5 Å². The molecule has 0 radical (unpaired) electrons. The lowest BCUT2D eigenvalue weighted by atomic mass is 9.98. The highest BCUT2D eigenvalue weighted by atomic mass is 32.2. The topological polar surface area (TPSA) is 95.9 Å². The molecule has 0 saturated heterocycles. The summed E-state index contributed by atoms with van der Waals surface area (Å²) in [5.74, 6) is -0.835. The molecule has 2 atom stereocenters. The van der Waals surface area contributed by atoms with E-state index in [1.807, 2.05) is 42.7 Å². The van der Waals surface area contributed by atoms with E-state index in [0.29, 0.717) is 12.2 Å². The van der Waals surface area contributed by atoms with Crippen molar-refractivity contribution in [3.63, 3.8) is 0 Å². The van der Waals surface area contributed by atoms with Gasteiger partial charge in [0.1, 0.15) is 18.7 Å². The molecule has 2 aliphatic rings. The van der Waals surface area contributed by atoms with Crippen molar-refractivity contribution in [1.29, 1.82) is 0 Å². The zero-order chi connectivity index (χ0) is 24.2. The van der Waals surface area contributed by atoms with Crippen molar-refractivity contribution in [2.45, 2.75) is 50.2 Å². The van der Waals surface area contributed by atoms with Crippen molar-refractivity contribution in [1.82, 2.24) is 10.2 Å². The van der Waals surface area contributed by atoms with Gasteiger partial charge < -0.3 is 20.1 Å². The number of ether oxygens (including phenoxy) is 1. The quantitative estimate of drug-likeness (QED) is 0.529. The lowest BCUT2D eigenvalue weighted by molar-refractivity contribution is -0.150. The lowest BCUT2D eigenvalue weighted by Gasteiger charge is -2.30. The molecule has 4 rings (SSSR count). The highest BCUT2D eigenvalue weighted by Crippen LogP contribution is 2.44. The third kappa shape index (κ3) is 5.06. The van der Waals surface area contributed by atoms with E-state index in [4.69, 9.17) is 4.74 Å². The number of carbonyl (C=O) groups excluding carboxylic acids is 2. The normalized spacial score (nSPS) is 16.2. The molecule has 7 nitrogen and oxygen atoms in total. The summed E-state index contributed by atoms with van der Waals surface area (Å²) in [7, 11) is 0. The van der Waals surface area contributed by atoms with Gasteiger partial charge in [-0.25, -0.2) is 9.59 Å². The number of carboxylic acid groups (broad SMARTS) is 1. The maximum Gasteiger partial charge on any atom is 0.407 e. The summed E-state index contributed by atoms with van der Waals surface area (Å²) in [6, 6.07) is 14.3. The molecular formula is C26H30N2O5S. The van der Waals surface area contributed by atoms with Gasteiger partial charge in [-0.05, 0) is 60.4 Å². The number of carboxylic acids is 1. The van der Waals surface area contributed by atoms with Crippen molar-refractivity contribution >= 4 is 29.7 Å². The van der Waals surface area contributed by atoms with Crippen molar-refractivity contribution in [2.24, 2.45) is 0 Å². The lowest BCUT2D eigenvalue weighted by Crippen LogP contribution is -2.54. The average Bonchev–Trinajstić information content (AvgIpc) is 3.62. The Morgan fingerprint density at radius 3 is 2.21 bits per heavy atom. The Kier molecular flexibility index (Phi) is 7.46. The minimum Gasteiger partial charge on any atom is -0.480 e. The Morgan fingerprint density at radius 1 is 1.09 bits per heavy atom. The van der Waals surface area contributed by atoms with Crippen LogP contribution in [0.2, 0.25) is 0 Å². The molecule has 1 saturated carbocycles. The van der Waals surface area contributed by atoms with E-state index < -0.39 is 24.1 Å². The van der Waals surface area contributed by atoms with Crippen LogP contribution in [0.25, 0.3) is 11.1 Å². The number of nitrogens with one attached hydrogen (secondary N) is 1. The number of hydrogen-bond donors (Lipinski definition) is 2. The molecule has 0 spiro atoms. The van der Waals surface area contributed by atoms with Gasteiger partial charge in [0.25, 0.3) is 0 Å². The number of alkyl carbamates (subject to hydrolysis) is 1. The summed E-state index contributed by atoms with van der Waals surface area (Å²) in [6.07, 6.45) is 3.22. The maximum absolute atomic E-state index is 13.3. The van der Waals surface area contributed by atoms with Crippen LogP contribution in [-0.4, -0.2) is 64.7 Å². The van der Waals surface area contributed by atoms with E-state index in [9.17, 15) is 19.5 Å². The molecule has 0 heterocycles. The molecule has 0 aromatic heterocycles. The number of thioether (sulfide) groups is 1. The molecule has 2 amide bonds. The molecule has 180 valence electrons. The van der Waals surface area contributed by atoms with Crippen molar-refractivity contribution in [2.75, 3.05) is 18.6 Å². The largest absolute Gasteiger partial charge is 0.480 e. The summed E-state index contributed by atoms with van der Waals surface area (Å²) >= 11 is 1.56. The SMILES string of the molecule is CSCC[C@@H](NC(=O)OCC1c2ccccc2-c2ccccc21)C(=O)N(C1CC1)C(C)C(=O)O. The van der Waals surface area contributed by atoms with Crippen molar-refractivity contribution < 1.29 is 24.2 Å². The molecule has 0 aliphatic heterocycles. The molecule has 2 N–H and O–H groups in total. The summed E-state index contributed by atoms with van der Waals surface area (Å²) in [5, 5.41) is 12.2. The first-order valence-electron chi connectivity index (χ1n) is 11.6. The molecule has 2 aromatic rings. The standard InChI is InChI=1S/C26H30N2O5S/c1-16(25(30)31)28(17-11-12-17)24(29)23(13-14-34-2)27-26(32)33-15-22-20-9-5-3-7-18(20)19-8-4-6-10-21(19)22/h3-10,16-17,22-23H,11-15H2,1-2H3,(H,27,32)(H,30,31)/t16?,23-/m1/s1. The van der Waals surface area contributed by atoms with Gasteiger partial charge in [0, 0.05) is 12.0 Å². The third-order valence-electron chi connectivity index (χ3n) is 6.51. The molecule has 8 heteroatoms. The van der Waals surface area contributed by atoms with Gasteiger partial charge in [0.05, 0.1) is 0 Å². The van der Waals surface area contributed by atoms with E-state index in [0.717, 1.165) is 35.1 Å².